The Balaban J connectivity index is 1.27. The number of nitrogens with zero attached hydrogens (tertiary/aromatic N) is 4. The minimum atomic E-state index is -4.63. The van der Waals surface area contributed by atoms with Crippen LogP contribution in [0.5, 0.6) is 5.75 Å². The number of rotatable bonds is 7. The number of piperidine rings is 1. The van der Waals surface area contributed by atoms with Gasteiger partial charge in [0, 0.05) is 36.8 Å². The fraction of sp³-hybridized carbons (Fsp3) is 0.567. The monoisotopic (exact) mass is 608 g/mol. The molecule has 1 aromatic carbocycles. The van der Waals surface area contributed by atoms with E-state index in [1.165, 1.54) is 6.07 Å². The van der Waals surface area contributed by atoms with E-state index >= 15 is 0 Å². The number of fused-ring (bicyclic) bond motifs is 1. The van der Waals surface area contributed by atoms with E-state index in [0.717, 1.165) is 31.7 Å². The molecule has 0 spiro atoms. The van der Waals surface area contributed by atoms with Crippen molar-refractivity contribution in [1.82, 2.24) is 19.4 Å². The van der Waals surface area contributed by atoms with Gasteiger partial charge in [-0.2, -0.15) is 18.2 Å². The van der Waals surface area contributed by atoms with Crippen molar-refractivity contribution in [3.8, 4) is 17.0 Å². The molecule has 2 aromatic heterocycles. The van der Waals surface area contributed by atoms with Crippen LogP contribution in [0.1, 0.15) is 58.4 Å². The van der Waals surface area contributed by atoms with Crippen LogP contribution >= 0.6 is 11.6 Å². The molecule has 1 amide bonds. The van der Waals surface area contributed by atoms with Crippen LogP contribution in [0.15, 0.2) is 30.5 Å². The fourth-order valence-electron chi connectivity index (χ4n) is 5.50. The van der Waals surface area contributed by atoms with Gasteiger partial charge in [0.25, 0.3) is 0 Å². The molecule has 2 saturated heterocycles. The van der Waals surface area contributed by atoms with Crippen LogP contribution in [-0.2, 0) is 22.2 Å². The first kappa shape index (κ1) is 30.4. The molecular formula is C30H36ClF3N4O4. The Morgan fingerprint density at radius 2 is 1.88 bits per heavy atom. The van der Waals surface area contributed by atoms with E-state index in [1.807, 2.05) is 31.5 Å². The quantitative estimate of drug-likeness (QED) is 0.261. The summed E-state index contributed by atoms with van der Waals surface area (Å²) in [4.78, 5) is 22.6. The minimum Gasteiger partial charge on any atom is -0.493 e. The molecule has 8 nitrogen and oxygen atoms in total. The van der Waals surface area contributed by atoms with E-state index in [9.17, 15) is 18.0 Å². The summed E-state index contributed by atoms with van der Waals surface area (Å²) in [5, 5.41) is 0.563. The summed E-state index contributed by atoms with van der Waals surface area (Å²) >= 11 is 6.23. The van der Waals surface area contributed by atoms with Gasteiger partial charge in [-0.25, -0.2) is 9.78 Å². The fourth-order valence-corrected chi connectivity index (χ4v) is 5.67. The summed E-state index contributed by atoms with van der Waals surface area (Å²) in [5.41, 5.74) is -0.291. The van der Waals surface area contributed by atoms with E-state index in [-0.39, 0.29) is 41.3 Å². The Bertz CT molecular complexity index is 1410. The maximum absolute atomic E-state index is 14.2. The van der Waals surface area contributed by atoms with Crippen LogP contribution in [0.25, 0.3) is 22.3 Å². The van der Waals surface area contributed by atoms with Crippen LogP contribution in [0.2, 0.25) is 5.28 Å². The number of amides is 1. The number of hydrogen-bond donors (Lipinski definition) is 0. The molecule has 42 heavy (non-hydrogen) atoms. The molecular weight excluding hydrogens is 573 g/mol. The molecule has 3 aromatic rings. The second-order valence-corrected chi connectivity index (χ2v) is 12.3. The number of aromatic nitrogens is 3. The maximum Gasteiger partial charge on any atom is 0.419 e. The lowest BCUT2D eigenvalue weighted by Crippen LogP contribution is -2.41. The molecule has 0 N–H and O–H groups in total. The number of ether oxygens (including phenoxy) is 3. The van der Waals surface area contributed by atoms with Gasteiger partial charge < -0.3 is 23.7 Å². The second kappa shape index (κ2) is 12.3. The molecule has 1 atom stereocenters. The largest absolute Gasteiger partial charge is 0.493 e. The van der Waals surface area contributed by atoms with Crippen LogP contribution in [0.3, 0.4) is 0 Å². The van der Waals surface area contributed by atoms with Crippen molar-refractivity contribution < 1.29 is 32.2 Å². The maximum atomic E-state index is 14.2. The summed E-state index contributed by atoms with van der Waals surface area (Å²) < 4.78 is 61.3. The van der Waals surface area contributed by atoms with Crippen LogP contribution < -0.4 is 4.74 Å². The molecule has 0 aliphatic carbocycles. The third-order valence-corrected chi connectivity index (χ3v) is 7.79. The van der Waals surface area contributed by atoms with E-state index < -0.39 is 17.3 Å². The number of alkyl halides is 3. The van der Waals surface area contributed by atoms with Gasteiger partial charge in [0.2, 0.25) is 5.28 Å². The predicted molar refractivity (Wildman–Crippen MR) is 153 cm³/mol. The Labute approximate surface area is 248 Å². The Hall–Kier alpha value is -3.05. The Morgan fingerprint density at radius 1 is 1.12 bits per heavy atom. The number of carbonyl (C=O) groups is 1. The van der Waals surface area contributed by atoms with Gasteiger partial charge >= 0.3 is 12.3 Å². The average molecular weight is 609 g/mol. The van der Waals surface area contributed by atoms with Gasteiger partial charge in [0.05, 0.1) is 30.5 Å². The molecule has 0 bridgehead atoms. The number of carbonyl (C=O) groups excluding carboxylic acids is 1. The minimum absolute atomic E-state index is 0.0450. The molecule has 2 fully saturated rings. The molecule has 0 radical (unpaired) electrons. The van der Waals surface area contributed by atoms with Crippen molar-refractivity contribution in [2.24, 2.45) is 5.92 Å². The number of hydrogen-bond acceptors (Lipinski definition) is 6. The molecule has 2 aliphatic rings. The summed E-state index contributed by atoms with van der Waals surface area (Å²) in [6.07, 6.45) is 0.918. The molecule has 0 saturated carbocycles. The Morgan fingerprint density at radius 3 is 2.55 bits per heavy atom. The van der Waals surface area contributed by atoms with Crippen molar-refractivity contribution in [2.45, 2.75) is 77.3 Å². The van der Waals surface area contributed by atoms with Gasteiger partial charge in [-0.1, -0.05) is 0 Å². The second-order valence-electron chi connectivity index (χ2n) is 11.9. The van der Waals surface area contributed by atoms with E-state index in [4.69, 9.17) is 25.8 Å². The molecule has 12 heteroatoms. The third kappa shape index (κ3) is 7.29. The average Bonchev–Trinajstić information content (AvgIpc) is 3.58. The first-order valence-electron chi connectivity index (χ1n) is 14.3. The molecule has 5 rings (SSSR count). The van der Waals surface area contributed by atoms with Crippen LogP contribution in [0.4, 0.5) is 18.0 Å². The molecule has 1 unspecified atom stereocenters. The first-order valence-corrected chi connectivity index (χ1v) is 14.7. The van der Waals surface area contributed by atoms with Crippen LogP contribution in [0, 0.1) is 5.92 Å². The van der Waals surface area contributed by atoms with E-state index in [1.54, 1.807) is 17.0 Å². The number of benzene rings is 1. The third-order valence-electron chi connectivity index (χ3n) is 7.62. The highest BCUT2D eigenvalue weighted by Crippen LogP contribution is 2.40. The van der Waals surface area contributed by atoms with Gasteiger partial charge in [-0.15, -0.1) is 0 Å². The van der Waals surface area contributed by atoms with Gasteiger partial charge in [0.15, 0.2) is 0 Å². The normalized spacial score (nSPS) is 18.5. The summed E-state index contributed by atoms with van der Waals surface area (Å²) in [6, 6.07) is 5.76. The highest BCUT2D eigenvalue weighted by Gasteiger charge is 2.35. The van der Waals surface area contributed by atoms with Crippen molar-refractivity contribution in [1.29, 1.82) is 0 Å². The summed E-state index contributed by atoms with van der Waals surface area (Å²) in [5.74, 6) is 0.0113. The van der Waals surface area contributed by atoms with Crippen molar-refractivity contribution in [2.75, 3.05) is 26.3 Å². The highest BCUT2D eigenvalue weighted by molar-refractivity contribution is 6.28. The highest BCUT2D eigenvalue weighted by atomic mass is 35.5. The van der Waals surface area contributed by atoms with Gasteiger partial charge in [-0.05, 0) is 94.7 Å². The first-order chi connectivity index (χ1) is 19.9. The zero-order valence-corrected chi connectivity index (χ0v) is 24.8. The van der Waals surface area contributed by atoms with Gasteiger partial charge in [0.1, 0.15) is 17.0 Å². The zero-order valence-electron chi connectivity index (χ0n) is 24.0. The molecule has 2 aliphatic heterocycles. The topological polar surface area (TPSA) is 78.7 Å². The van der Waals surface area contributed by atoms with Gasteiger partial charge in [-0.3, -0.25) is 0 Å². The molecule has 4 heterocycles. The van der Waals surface area contributed by atoms with Crippen molar-refractivity contribution in [3.05, 3.63) is 41.3 Å². The SMILES string of the molecule is CC(C)(C)OC(=O)N1CCC(CCOc2ccc(-c3nc(Cl)nc4c3ccn4CC3CCCO3)cc2C(F)(F)F)CC1. The van der Waals surface area contributed by atoms with E-state index in [0.29, 0.717) is 49.4 Å². The van der Waals surface area contributed by atoms with Crippen molar-refractivity contribution in [3.63, 3.8) is 0 Å². The Kier molecular flexibility index (Phi) is 8.89. The summed E-state index contributed by atoms with van der Waals surface area (Å²) in [6.45, 7) is 8.00. The lowest BCUT2D eigenvalue weighted by atomic mass is 9.94. The predicted octanol–water partition coefficient (Wildman–Crippen LogP) is 7.37. The molecule has 228 valence electrons. The lowest BCUT2D eigenvalue weighted by molar-refractivity contribution is -0.138. The summed E-state index contributed by atoms with van der Waals surface area (Å²) in [7, 11) is 0. The van der Waals surface area contributed by atoms with Crippen molar-refractivity contribution >= 4 is 28.7 Å². The number of likely N-dealkylation sites (tertiary alicyclic amines) is 1. The number of halogens is 4. The standard InChI is InChI=1S/C30H36ClF3N4O4/c1-29(2,3)42-28(39)37-12-8-19(9-13-37)11-16-41-24-7-6-20(17-23(24)30(32,33)34)25-22-10-14-38(18-21-5-4-15-40-21)26(22)36-27(31)35-25/h6-7,10,14,17,19,21H,4-5,8-9,11-13,15-16,18H2,1-3H3. The zero-order chi connectivity index (χ0) is 30.1. The lowest BCUT2D eigenvalue weighted by Gasteiger charge is -2.33. The smallest absolute Gasteiger partial charge is 0.419 e. The van der Waals surface area contributed by atoms with E-state index in [2.05, 4.69) is 9.97 Å². The van der Waals surface area contributed by atoms with Crippen LogP contribution in [-0.4, -0.2) is 63.5 Å².